The number of carboxylic acid groups (broad SMARTS) is 1. The fourth-order valence-corrected chi connectivity index (χ4v) is 9.58. The molecule has 4 nitrogen and oxygen atoms in total. The van der Waals surface area contributed by atoms with Gasteiger partial charge in [0, 0.05) is 5.92 Å². The molecule has 0 bridgehead atoms. The quantitative estimate of drug-likeness (QED) is 0.362. The second-order valence-corrected chi connectivity index (χ2v) is 14.2. The normalized spacial score (nSPS) is 43.4. The van der Waals surface area contributed by atoms with Crippen molar-refractivity contribution in [1.82, 2.24) is 0 Å². The molecule has 4 aliphatic carbocycles. The lowest BCUT2D eigenvalue weighted by atomic mass is 9.43. The minimum Gasteiger partial charge on any atom is -0.481 e. The molecule has 5 unspecified atom stereocenters. The zero-order chi connectivity index (χ0) is 26.1. The van der Waals surface area contributed by atoms with E-state index < -0.39 is 18.0 Å². The van der Waals surface area contributed by atoms with Gasteiger partial charge in [-0.1, -0.05) is 71.8 Å². The molecular formula is C31H50O4. The Labute approximate surface area is 213 Å². The van der Waals surface area contributed by atoms with E-state index in [-0.39, 0.29) is 33.7 Å². The van der Waals surface area contributed by atoms with Crippen LogP contribution in [-0.4, -0.2) is 33.5 Å². The summed E-state index contributed by atoms with van der Waals surface area (Å²) in [6.07, 6.45) is 6.95. The number of aliphatic hydroxyl groups excluding tert-OH is 2. The van der Waals surface area contributed by atoms with Gasteiger partial charge in [-0.05, 0) is 91.3 Å². The van der Waals surface area contributed by atoms with E-state index in [1.807, 2.05) is 0 Å². The fraction of sp³-hybridized carbons (Fsp3) is 0.839. The summed E-state index contributed by atoms with van der Waals surface area (Å²) in [4.78, 5) is 12.6. The van der Waals surface area contributed by atoms with E-state index >= 15 is 0 Å². The average molecular weight is 487 g/mol. The molecule has 8 atom stereocenters. The Hall–Kier alpha value is -1.13. The molecular weight excluding hydrogens is 436 g/mol. The van der Waals surface area contributed by atoms with Crippen molar-refractivity contribution in [2.24, 2.45) is 45.3 Å². The lowest BCUT2D eigenvalue weighted by Gasteiger charge is -2.62. The van der Waals surface area contributed by atoms with Crippen LogP contribution in [0.25, 0.3) is 0 Å². The average Bonchev–Trinajstić information content (AvgIpc) is 2.97. The summed E-state index contributed by atoms with van der Waals surface area (Å²) < 4.78 is 0. The van der Waals surface area contributed by atoms with Gasteiger partial charge in [-0.3, -0.25) is 4.79 Å². The molecule has 35 heavy (non-hydrogen) atoms. The summed E-state index contributed by atoms with van der Waals surface area (Å²) in [5.74, 6) is -0.759. The van der Waals surface area contributed by atoms with Gasteiger partial charge < -0.3 is 15.3 Å². The number of carbonyl (C=O) groups is 1. The van der Waals surface area contributed by atoms with Crippen LogP contribution in [0.5, 0.6) is 0 Å². The second-order valence-electron chi connectivity index (χ2n) is 14.2. The minimum atomic E-state index is -0.769. The monoisotopic (exact) mass is 486 g/mol. The van der Waals surface area contributed by atoms with E-state index in [9.17, 15) is 20.1 Å². The van der Waals surface area contributed by atoms with Gasteiger partial charge in [-0.2, -0.15) is 0 Å². The molecule has 4 aliphatic rings. The number of carboxylic acids is 1. The van der Waals surface area contributed by atoms with Gasteiger partial charge in [0.1, 0.15) is 0 Å². The Morgan fingerprint density at radius 1 is 1.03 bits per heavy atom. The van der Waals surface area contributed by atoms with E-state index in [0.29, 0.717) is 31.1 Å². The van der Waals surface area contributed by atoms with Crippen LogP contribution < -0.4 is 0 Å². The van der Waals surface area contributed by atoms with Crippen LogP contribution in [-0.2, 0) is 4.79 Å². The highest BCUT2D eigenvalue weighted by Gasteiger charge is 2.66. The van der Waals surface area contributed by atoms with Gasteiger partial charge >= 0.3 is 5.97 Å². The molecule has 2 fully saturated rings. The molecule has 0 aromatic heterocycles. The van der Waals surface area contributed by atoms with Crippen molar-refractivity contribution in [2.75, 3.05) is 0 Å². The highest BCUT2D eigenvalue weighted by Crippen LogP contribution is 2.72. The highest BCUT2D eigenvalue weighted by atomic mass is 16.4. The summed E-state index contributed by atoms with van der Waals surface area (Å²) in [7, 11) is 0. The lowest BCUT2D eigenvalue weighted by molar-refractivity contribution is -0.149. The van der Waals surface area contributed by atoms with Crippen molar-refractivity contribution < 1.29 is 20.1 Å². The van der Waals surface area contributed by atoms with Crippen molar-refractivity contribution in [3.05, 3.63) is 23.3 Å². The van der Waals surface area contributed by atoms with Crippen LogP contribution in [0, 0.1) is 45.3 Å². The molecule has 3 N–H and O–H groups in total. The summed E-state index contributed by atoms with van der Waals surface area (Å²) >= 11 is 0. The zero-order valence-corrected chi connectivity index (χ0v) is 23.3. The Balaban J connectivity index is 1.71. The van der Waals surface area contributed by atoms with Crippen LogP contribution in [0.4, 0.5) is 0 Å². The Bertz CT molecular complexity index is 915. The molecule has 0 aromatic carbocycles. The molecule has 0 aromatic rings. The number of rotatable bonds is 6. The van der Waals surface area contributed by atoms with Gasteiger partial charge in [-0.15, -0.1) is 0 Å². The maximum Gasteiger partial charge on any atom is 0.306 e. The topological polar surface area (TPSA) is 77.8 Å². The maximum atomic E-state index is 12.6. The van der Waals surface area contributed by atoms with E-state index in [1.54, 1.807) is 5.57 Å². The summed E-state index contributed by atoms with van der Waals surface area (Å²) in [5.41, 5.74) is 3.78. The first-order chi connectivity index (χ1) is 16.1. The third-order valence-electron chi connectivity index (χ3n) is 12.1. The molecule has 198 valence electrons. The molecule has 0 amide bonds. The molecule has 0 heterocycles. The number of fused-ring (bicyclic) bond motifs is 4. The van der Waals surface area contributed by atoms with Crippen molar-refractivity contribution in [1.29, 1.82) is 0 Å². The van der Waals surface area contributed by atoms with Crippen molar-refractivity contribution in [3.63, 3.8) is 0 Å². The largest absolute Gasteiger partial charge is 0.481 e. The molecule has 0 spiro atoms. The van der Waals surface area contributed by atoms with Crippen LogP contribution in [0.3, 0.4) is 0 Å². The van der Waals surface area contributed by atoms with E-state index in [1.165, 1.54) is 5.57 Å². The second kappa shape index (κ2) is 8.72. The fourth-order valence-electron chi connectivity index (χ4n) is 9.58. The predicted octanol–water partition coefficient (Wildman–Crippen LogP) is 6.76. The van der Waals surface area contributed by atoms with Gasteiger partial charge in [0.25, 0.3) is 0 Å². The summed E-state index contributed by atoms with van der Waals surface area (Å²) in [5, 5.41) is 32.7. The smallest absolute Gasteiger partial charge is 0.306 e. The van der Waals surface area contributed by atoms with Gasteiger partial charge in [0.05, 0.1) is 18.1 Å². The van der Waals surface area contributed by atoms with Gasteiger partial charge in [0.15, 0.2) is 0 Å². The Kier molecular flexibility index (Phi) is 6.71. The van der Waals surface area contributed by atoms with Crippen LogP contribution >= 0.6 is 0 Å². The first-order valence-electron chi connectivity index (χ1n) is 14.1. The minimum absolute atomic E-state index is 0.0882. The van der Waals surface area contributed by atoms with Crippen LogP contribution in [0.2, 0.25) is 0 Å². The SMILES string of the molecule is C=C(CCC(C(=O)O)C1C(O)CC2(C)C3=C(CC[C@]12C)[C@@]1(C)CC[C@H](O)C(C)(C)C1CC3)C(C)C. The third kappa shape index (κ3) is 3.79. The van der Waals surface area contributed by atoms with E-state index in [0.717, 1.165) is 44.1 Å². The Morgan fingerprint density at radius 2 is 1.69 bits per heavy atom. The zero-order valence-electron chi connectivity index (χ0n) is 23.3. The van der Waals surface area contributed by atoms with Crippen molar-refractivity contribution >= 4 is 5.97 Å². The molecule has 4 heteroatoms. The van der Waals surface area contributed by atoms with Gasteiger partial charge in [-0.25, -0.2) is 0 Å². The van der Waals surface area contributed by atoms with Crippen LogP contribution in [0.15, 0.2) is 23.3 Å². The molecule has 0 aliphatic heterocycles. The third-order valence-corrected chi connectivity index (χ3v) is 12.1. The number of hydrogen-bond acceptors (Lipinski definition) is 3. The van der Waals surface area contributed by atoms with Crippen molar-refractivity contribution in [2.45, 2.75) is 118 Å². The first-order valence-corrected chi connectivity index (χ1v) is 14.1. The first kappa shape index (κ1) is 26.9. The molecule has 0 radical (unpaired) electrons. The molecule has 4 rings (SSSR count). The highest BCUT2D eigenvalue weighted by molar-refractivity contribution is 5.71. The van der Waals surface area contributed by atoms with Crippen LogP contribution in [0.1, 0.15) is 106 Å². The lowest BCUT2D eigenvalue weighted by Crippen LogP contribution is -2.55. The van der Waals surface area contributed by atoms with E-state index in [4.69, 9.17) is 0 Å². The predicted molar refractivity (Wildman–Crippen MR) is 141 cm³/mol. The summed E-state index contributed by atoms with van der Waals surface area (Å²) in [6, 6.07) is 0. The number of aliphatic carboxylic acids is 1. The van der Waals surface area contributed by atoms with Gasteiger partial charge in [0.2, 0.25) is 0 Å². The standard InChI is InChI=1S/C31H50O4/c1-18(2)19(3)9-10-20(27(34)35)26-23(32)17-31(8)22-11-12-24-28(4,5)25(33)14-15-29(24,6)21(22)13-16-30(26,31)7/h18,20,23-26,32-33H,3,9-17H2,1-2,4-8H3,(H,34,35)/t20?,23?,24?,25-,26?,29+,30+,31?/m0/s1. The number of aliphatic hydroxyl groups is 2. The molecule has 0 saturated heterocycles. The summed E-state index contributed by atoms with van der Waals surface area (Å²) in [6.45, 7) is 20.0. The Morgan fingerprint density at radius 3 is 2.29 bits per heavy atom. The number of hydrogen-bond donors (Lipinski definition) is 3. The van der Waals surface area contributed by atoms with Crippen molar-refractivity contribution in [3.8, 4) is 0 Å². The number of allylic oxidation sites excluding steroid dienone is 3. The van der Waals surface area contributed by atoms with E-state index in [2.05, 4.69) is 55.0 Å². The maximum absolute atomic E-state index is 12.6. The molecule has 2 saturated carbocycles.